The van der Waals surface area contributed by atoms with Crippen molar-refractivity contribution in [2.75, 3.05) is 0 Å². The lowest BCUT2D eigenvalue weighted by Gasteiger charge is -2.06. The van der Waals surface area contributed by atoms with Gasteiger partial charge in [0.05, 0.1) is 0 Å². The Morgan fingerprint density at radius 1 is 1.35 bits per heavy atom. The van der Waals surface area contributed by atoms with E-state index in [1.807, 2.05) is 0 Å². The summed E-state index contributed by atoms with van der Waals surface area (Å²) >= 11 is 0. The van der Waals surface area contributed by atoms with Crippen molar-refractivity contribution in [3.05, 3.63) is 29.6 Å². The van der Waals surface area contributed by atoms with Gasteiger partial charge in [0.25, 0.3) is 0 Å². The van der Waals surface area contributed by atoms with Crippen LogP contribution in [0.5, 0.6) is 0 Å². The van der Waals surface area contributed by atoms with Crippen molar-refractivity contribution in [3.63, 3.8) is 0 Å². The van der Waals surface area contributed by atoms with Crippen LogP contribution in [0, 0.1) is 0 Å². The van der Waals surface area contributed by atoms with Gasteiger partial charge < -0.3 is 11.1 Å². The minimum atomic E-state index is -4.50. The molecule has 0 aliphatic carbocycles. The number of amides is 2. The fourth-order valence-corrected chi connectivity index (χ4v) is 0.966. The molecule has 0 spiro atoms. The van der Waals surface area contributed by atoms with E-state index in [0.717, 1.165) is 18.3 Å². The van der Waals surface area contributed by atoms with Gasteiger partial charge in [0.1, 0.15) is 5.69 Å². The van der Waals surface area contributed by atoms with Gasteiger partial charge in [0, 0.05) is 12.7 Å². The van der Waals surface area contributed by atoms with Gasteiger partial charge in [-0.25, -0.2) is 0 Å². The quantitative estimate of drug-likeness (QED) is 0.732. The molecule has 0 bridgehead atoms. The van der Waals surface area contributed by atoms with E-state index in [2.05, 4.69) is 16.0 Å². The molecular formula is C9H8F3N3O2. The molecule has 0 aromatic carbocycles. The first-order valence-corrected chi connectivity index (χ1v) is 4.40. The number of nitrogens with one attached hydrogen (secondary N) is 1. The molecular weight excluding hydrogens is 239 g/mol. The van der Waals surface area contributed by atoms with Gasteiger partial charge in [0.2, 0.25) is 0 Å². The number of rotatable bonds is 2. The highest BCUT2D eigenvalue weighted by atomic mass is 19.4. The number of primary amides is 1. The second kappa shape index (κ2) is 4.81. The van der Waals surface area contributed by atoms with Crippen LogP contribution in [0.4, 0.5) is 13.2 Å². The molecule has 0 aliphatic rings. The second-order valence-electron chi connectivity index (χ2n) is 3.10. The summed E-state index contributed by atoms with van der Waals surface area (Å²) in [6.45, 7) is -0.118. The van der Waals surface area contributed by atoms with Gasteiger partial charge in [0.15, 0.2) is 0 Å². The van der Waals surface area contributed by atoms with E-state index in [4.69, 9.17) is 0 Å². The van der Waals surface area contributed by atoms with Crippen LogP contribution in [-0.4, -0.2) is 16.8 Å². The summed E-state index contributed by atoms with van der Waals surface area (Å²) in [5, 5.41) is 2.12. The monoisotopic (exact) mass is 247 g/mol. The van der Waals surface area contributed by atoms with Crippen molar-refractivity contribution in [1.29, 1.82) is 0 Å². The van der Waals surface area contributed by atoms with Crippen molar-refractivity contribution in [2.24, 2.45) is 5.73 Å². The lowest BCUT2D eigenvalue weighted by Crippen LogP contribution is -2.35. The predicted octanol–water partition coefficient (Wildman–Crippen LogP) is 0.202. The Hall–Kier alpha value is -2.12. The maximum atomic E-state index is 12.1. The largest absolute Gasteiger partial charge is 0.433 e. The third-order valence-corrected chi connectivity index (χ3v) is 1.79. The van der Waals surface area contributed by atoms with E-state index in [1.165, 1.54) is 0 Å². The summed E-state index contributed by atoms with van der Waals surface area (Å²) < 4.78 is 36.4. The second-order valence-corrected chi connectivity index (χ2v) is 3.10. The Morgan fingerprint density at radius 3 is 2.41 bits per heavy atom. The fourth-order valence-electron chi connectivity index (χ4n) is 0.966. The molecule has 0 fully saturated rings. The average Bonchev–Trinajstić information content (AvgIpc) is 2.25. The summed E-state index contributed by atoms with van der Waals surface area (Å²) in [7, 11) is 0. The molecule has 92 valence electrons. The van der Waals surface area contributed by atoms with Gasteiger partial charge in [-0.1, -0.05) is 6.07 Å². The van der Waals surface area contributed by atoms with E-state index < -0.39 is 23.7 Å². The Balaban J connectivity index is 2.63. The lowest BCUT2D eigenvalue weighted by atomic mass is 10.2. The number of carbonyl (C=O) groups is 2. The summed E-state index contributed by atoms with van der Waals surface area (Å²) in [6, 6.07) is 1.93. The zero-order valence-electron chi connectivity index (χ0n) is 8.41. The lowest BCUT2D eigenvalue weighted by molar-refractivity contribution is -0.141. The molecule has 0 saturated heterocycles. The van der Waals surface area contributed by atoms with Crippen LogP contribution in [-0.2, 0) is 22.3 Å². The highest BCUT2D eigenvalue weighted by molar-refractivity contribution is 6.34. The maximum absolute atomic E-state index is 12.1. The van der Waals surface area contributed by atoms with E-state index in [9.17, 15) is 22.8 Å². The summed E-state index contributed by atoms with van der Waals surface area (Å²) in [5.74, 6) is -2.17. The van der Waals surface area contributed by atoms with Crippen LogP contribution in [0.2, 0.25) is 0 Å². The van der Waals surface area contributed by atoms with Gasteiger partial charge >= 0.3 is 18.0 Å². The first-order valence-electron chi connectivity index (χ1n) is 4.40. The first kappa shape index (κ1) is 12.9. The number of pyridine rings is 1. The Morgan fingerprint density at radius 2 is 2.00 bits per heavy atom. The van der Waals surface area contributed by atoms with Crippen LogP contribution in [0.3, 0.4) is 0 Å². The van der Waals surface area contributed by atoms with Crippen LogP contribution >= 0.6 is 0 Å². The molecule has 1 aromatic rings. The number of alkyl halides is 3. The molecule has 0 saturated carbocycles. The highest BCUT2D eigenvalue weighted by Crippen LogP contribution is 2.27. The highest BCUT2D eigenvalue weighted by Gasteiger charge is 2.31. The van der Waals surface area contributed by atoms with Gasteiger partial charge in [-0.3, -0.25) is 14.6 Å². The van der Waals surface area contributed by atoms with Crippen LogP contribution in [0.1, 0.15) is 11.3 Å². The van der Waals surface area contributed by atoms with Gasteiger partial charge in [-0.15, -0.1) is 0 Å². The van der Waals surface area contributed by atoms with Crippen molar-refractivity contribution >= 4 is 11.8 Å². The molecule has 3 N–H and O–H groups in total. The SMILES string of the molecule is NC(=O)C(=O)NCc1ccc(C(F)(F)F)nc1. The van der Waals surface area contributed by atoms with Gasteiger partial charge in [-0.05, 0) is 11.6 Å². The van der Waals surface area contributed by atoms with Crippen molar-refractivity contribution in [3.8, 4) is 0 Å². The van der Waals surface area contributed by atoms with E-state index in [-0.39, 0.29) is 6.54 Å². The Bertz CT molecular complexity index is 428. The number of hydrogen-bond acceptors (Lipinski definition) is 3. The van der Waals surface area contributed by atoms with Crippen molar-refractivity contribution in [1.82, 2.24) is 10.3 Å². The number of carbonyl (C=O) groups excluding carboxylic acids is 2. The zero-order chi connectivity index (χ0) is 13.1. The molecule has 2 amide bonds. The summed E-state index contributed by atoms with van der Waals surface area (Å²) in [6.07, 6.45) is -3.54. The molecule has 0 unspecified atom stereocenters. The molecule has 1 aromatic heterocycles. The average molecular weight is 247 g/mol. The Kier molecular flexibility index (Phi) is 3.66. The van der Waals surface area contributed by atoms with Crippen LogP contribution < -0.4 is 11.1 Å². The number of nitrogens with two attached hydrogens (primary N) is 1. The molecule has 0 atom stereocenters. The van der Waals surface area contributed by atoms with E-state index in [0.29, 0.717) is 5.56 Å². The molecule has 17 heavy (non-hydrogen) atoms. The van der Waals surface area contributed by atoms with Crippen LogP contribution in [0.15, 0.2) is 18.3 Å². The molecule has 5 nitrogen and oxygen atoms in total. The molecule has 0 aliphatic heterocycles. The van der Waals surface area contributed by atoms with Crippen LogP contribution in [0.25, 0.3) is 0 Å². The maximum Gasteiger partial charge on any atom is 0.433 e. The van der Waals surface area contributed by atoms with Crippen molar-refractivity contribution < 1.29 is 22.8 Å². The number of hydrogen-bond donors (Lipinski definition) is 2. The normalized spacial score (nSPS) is 11.0. The minimum absolute atomic E-state index is 0.118. The third kappa shape index (κ3) is 3.74. The van der Waals surface area contributed by atoms with E-state index >= 15 is 0 Å². The van der Waals surface area contributed by atoms with Gasteiger partial charge in [-0.2, -0.15) is 13.2 Å². The number of nitrogens with zero attached hydrogens (tertiary/aromatic N) is 1. The minimum Gasteiger partial charge on any atom is -0.361 e. The fraction of sp³-hybridized carbons (Fsp3) is 0.222. The van der Waals surface area contributed by atoms with Crippen molar-refractivity contribution in [2.45, 2.75) is 12.7 Å². The predicted molar refractivity (Wildman–Crippen MR) is 50.3 cm³/mol. The number of halogens is 3. The molecule has 8 heteroatoms. The smallest absolute Gasteiger partial charge is 0.361 e. The molecule has 1 rings (SSSR count). The molecule has 0 radical (unpaired) electrons. The Labute approximate surface area is 93.8 Å². The van der Waals surface area contributed by atoms with E-state index in [1.54, 1.807) is 0 Å². The summed E-state index contributed by atoms with van der Waals surface area (Å²) in [5.41, 5.74) is 3.97. The third-order valence-electron chi connectivity index (χ3n) is 1.79. The summed E-state index contributed by atoms with van der Waals surface area (Å²) in [4.78, 5) is 24.3. The first-order chi connectivity index (χ1) is 7.80. The molecule has 1 heterocycles. The number of aromatic nitrogens is 1. The standard InChI is InChI=1S/C9H8F3N3O2/c10-9(11,12)6-2-1-5(3-14-6)4-15-8(17)7(13)16/h1-3H,4H2,(H2,13,16)(H,15,17). The zero-order valence-corrected chi connectivity index (χ0v) is 8.41. The topological polar surface area (TPSA) is 85.1 Å².